The molecule has 8 nitrogen and oxygen atoms in total. The van der Waals surface area contributed by atoms with E-state index in [2.05, 4.69) is 10.6 Å². The Hall–Kier alpha value is -4.76. The first-order valence-corrected chi connectivity index (χ1v) is 17.0. The summed E-state index contributed by atoms with van der Waals surface area (Å²) in [5, 5.41) is 10.9. The van der Waals surface area contributed by atoms with Crippen LogP contribution in [0.3, 0.4) is 0 Å². The summed E-state index contributed by atoms with van der Waals surface area (Å²) in [7, 11) is 0.283. The largest absolute Gasteiger partial charge is 0.355 e. The van der Waals surface area contributed by atoms with Gasteiger partial charge in [-0.05, 0) is 68.9 Å². The van der Waals surface area contributed by atoms with Gasteiger partial charge < -0.3 is 10.6 Å². The lowest BCUT2D eigenvalue weighted by Crippen LogP contribution is -2.40. The van der Waals surface area contributed by atoms with E-state index in [-0.39, 0.29) is 11.8 Å². The van der Waals surface area contributed by atoms with Gasteiger partial charge in [0.25, 0.3) is 11.8 Å². The molecule has 2 heterocycles. The number of benzene rings is 3. The van der Waals surface area contributed by atoms with Crippen LogP contribution >= 0.6 is 0 Å². The van der Waals surface area contributed by atoms with Crippen molar-refractivity contribution in [1.82, 2.24) is 20.2 Å². The number of carbonyl (C=O) groups excluding carboxylic acids is 2. The van der Waals surface area contributed by atoms with Crippen molar-refractivity contribution < 1.29 is 13.8 Å². The second-order valence-corrected chi connectivity index (χ2v) is 13.8. The van der Waals surface area contributed by atoms with Gasteiger partial charge in [0.05, 0.1) is 28.5 Å². The first-order chi connectivity index (χ1) is 22.1. The van der Waals surface area contributed by atoms with Crippen molar-refractivity contribution in [2.45, 2.75) is 39.2 Å². The summed E-state index contributed by atoms with van der Waals surface area (Å²) in [5.41, 5.74) is 6.72. The van der Waals surface area contributed by atoms with Crippen LogP contribution in [0.2, 0.25) is 0 Å². The molecule has 0 aliphatic heterocycles. The molecule has 0 bridgehead atoms. The predicted molar refractivity (Wildman–Crippen MR) is 185 cm³/mol. The molecular formula is C37H39N5O3S. The molecule has 5 aromatic rings. The Balaban J connectivity index is 1.51. The number of hydrogen-bond donors (Lipinski definition) is 2. The van der Waals surface area contributed by atoms with Crippen LogP contribution < -0.4 is 14.9 Å². The number of aryl methyl sites for hydroxylation is 1. The molecule has 9 heteroatoms. The van der Waals surface area contributed by atoms with E-state index in [0.717, 1.165) is 46.3 Å². The second kappa shape index (κ2) is 12.6. The molecule has 0 saturated heterocycles. The van der Waals surface area contributed by atoms with Crippen molar-refractivity contribution in [1.29, 1.82) is 0 Å². The molecule has 1 unspecified atom stereocenters. The van der Waals surface area contributed by atoms with Crippen molar-refractivity contribution in [3.05, 3.63) is 113 Å². The fourth-order valence-electron chi connectivity index (χ4n) is 5.76. The average Bonchev–Trinajstić information content (AvgIpc) is 3.81. The number of nitrogens with one attached hydrogen (secondary N) is 2. The van der Waals surface area contributed by atoms with Gasteiger partial charge >= 0.3 is 0 Å². The number of fused-ring (bicyclic) bond motifs is 1. The molecule has 3 aromatic carbocycles. The van der Waals surface area contributed by atoms with Crippen LogP contribution in [-0.4, -0.2) is 45.5 Å². The zero-order valence-electron chi connectivity index (χ0n) is 26.8. The number of anilines is 1. The number of hydrogen-bond acceptors (Lipinski definition) is 4. The molecule has 1 aliphatic rings. The summed E-state index contributed by atoms with van der Waals surface area (Å²) in [6.07, 6.45) is 5.74. The molecule has 2 N–H and O–H groups in total. The molecule has 0 radical (unpaired) electrons. The maximum absolute atomic E-state index is 13.6. The van der Waals surface area contributed by atoms with E-state index in [0.29, 0.717) is 34.8 Å². The third-order valence-corrected chi connectivity index (χ3v) is 9.55. The zero-order chi connectivity index (χ0) is 32.6. The van der Waals surface area contributed by atoms with Crippen molar-refractivity contribution in [2.75, 3.05) is 24.2 Å². The third-order valence-electron chi connectivity index (χ3n) is 8.59. The van der Waals surface area contributed by atoms with Crippen LogP contribution in [0.1, 0.15) is 58.5 Å². The summed E-state index contributed by atoms with van der Waals surface area (Å²) in [4.78, 5) is 27.0. The summed E-state index contributed by atoms with van der Waals surface area (Å²) >= 11 is 0. The Labute approximate surface area is 272 Å². The topological polar surface area (TPSA) is 95.8 Å². The first kappa shape index (κ1) is 31.2. The first-order valence-electron chi connectivity index (χ1n) is 15.5. The standard InChI is InChI=1S/C37H39N5O3S/c1-24-14-18-26(19-15-24)34-33(36(44)38-4)31-21-30(32(23-41(31)40-34)42(46(5)45)22-25-16-17-25)27-10-9-11-28(20-27)35(43)39-37(2,3)29-12-7-6-8-13-29/h6-15,18-21,23,25H,16-17,22H2,1-5H3,(H,38,44)(H,39,43). The molecule has 236 valence electrons. The van der Waals surface area contributed by atoms with E-state index in [4.69, 9.17) is 5.10 Å². The zero-order valence-corrected chi connectivity index (χ0v) is 27.7. The van der Waals surface area contributed by atoms with E-state index in [9.17, 15) is 13.8 Å². The highest BCUT2D eigenvalue weighted by atomic mass is 32.2. The number of nitrogens with zero attached hydrogens (tertiary/aromatic N) is 3. The maximum Gasteiger partial charge on any atom is 0.255 e. The molecular weight excluding hydrogens is 595 g/mol. The van der Waals surface area contributed by atoms with E-state index in [1.165, 1.54) is 0 Å². The van der Waals surface area contributed by atoms with Gasteiger partial charge in [-0.2, -0.15) is 5.10 Å². The summed E-state index contributed by atoms with van der Waals surface area (Å²) in [6.45, 7) is 6.62. The quantitative estimate of drug-likeness (QED) is 0.183. The van der Waals surface area contributed by atoms with E-state index >= 15 is 0 Å². The van der Waals surface area contributed by atoms with Crippen LogP contribution in [0, 0.1) is 12.8 Å². The molecule has 1 atom stereocenters. The van der Waals surface area contributed by atoms with Crippen molar-refractivity contribution in [3.8, 4) is 22.4 Å². The van der Waals surface area contributed by atoms with Gasteiger partial charge in [0, 0.05) is 36.5 Å². The van der Waals surface area contributed by atoms with Gasteiger partial charge in [0.1, 0.15) is 16.7 Å². The Morgan fingerprint density at radius 3 is 2.33 bits per heavy atom. The molecule has 1 fully saturated rings. The molecule has 0 spiro atoms. The second-order valence-electron chi connectivity index (χ2n) is 12.5. The SMILES string of the molecule is CNC(=O)c1c(-c2ccc(C)cc2)nn2cc(N(CC3CC3)S(C)=O)c(-c3cccc(C(=O)NC(C)(C)c4ccccc4)c3)cc12. The Kier molecular flexibility index (Phi) is 8.53. The van der Waals surface area contributed by atoms with Crippen LogP contribution in [0.5, 0.6) is 0 Å². The Bertz CT molecular complexity index is 1950. The minimum absolute atomic E-state index is 0.204. The highest BCUT2D eigenvalue weighted by Crippen LogP contribution is 2.39. The highest BCUT2D eigenvalue weighted by Gasteiger charge is 2.30. The molecule has 6 rings (SSSR count). The van der Waals surface area contributed by atoms with Crippen molar-refractivity contribution in [2.24, 2.45) is 5.92 Å². The Morgan fingerprint density at radius 2 is 1.67 bits per heavy atom. The molecule has 46 heavy (non-hydrogen) atoms. The van der Waals surface area contributed by atoms with Crippen molar-refractivity contribution >= 4 is 34.0 Å². The minimum Gasteiger partial charge on any atom is -0.355 e. The number of rotatable bonds is 10. The smallest absolute Gasteiger partial charge is 0.255 e. The van der Waals surface area contributed by atoms with Crippen LogP contribution in [-0.2, 0) is 16.5 Å². The molecule has 1 aliphatic carbocycles. The van der Waals surface area contributed by atoms with E-state index in [1.807, 2.05) is 110 Å². The van der Waals surface area contributed by atoms with Gasteiger partial charge in [0.15, 0.2) is 0 Å². The lowest BCUT2D eigenvalue weighted by Gasteiger charge is -2.27. The summed E-state index contributed by atoms with van der Waals surface area (Å²) < 4.78 is 16.9. The van der Waals surface area contributed by atoms with Crippen LogP contribution in [0.15, 0.2) is 91.1 Å². The maximum atomic E-state index is 13.6. The Morgan fingerprint density at radius 1 is 0.957 bits per heavy atom. The van der Waals surface area contributed by atoms with Crippen LogP contribution in [0.4, 0.5) is 5.69 Å². The summed E-state index contributed by atoms with van der Waals surface area (Å²) in [5.74, 6) is 0.00527. The minimum atomic E-state index is -1.32. The lowest BCUT2D eigenvalue weighted by atomic mass is 9.93. The molecule has 2 aromatic heterocycles. The highest BCUT2D eigenvalue weighted by molar-refractivity contribution is 7.85. The average molecular weight is 634 g/mol. The van der Waals surface area contributed by atoms with E-state index in [1.54, 1.807) is 23.9 Å². The van der Waals surface area contributed by atoms with Gasteiger partial charge in [-0.3, -0.25) is 13.9 Å². The number of carbonyl (C=O) groups is 2. The monoisotopic (exact) mass is 633 g/mol. The number of aromatic nitrogens is 2. The van der Waals surface area contributed by atoms with Crippen molar-refractivity contribution in [3.63, 3.8) is 0 Å². The van der Waals surface area contributed by atoms with Gasteiger partial charge in [-0.15, -0.1) is 0 Å². The fourth-order valence-corrected chi connectivity index (χ4v) is 6.60. The van der Waals surface area contributed by atoms with Crippen LogP contribution in [0.25, 0.3) is 27.9 Å². The number of pyridine rings is 1. The fraction of sp³-hybridized carbons (Fsp3) is 0.270. The number of amides is 2. The van der Waals surface area contributed by atoms with E-state index < -0.39 is 16.5 Å². The van der Waals surface area contributed by atoms with Gasteiger partial charge in [-0.1, -0.05) is 72.3 Å². The normalized spacial score (nSPS) is 13.8. The molecule has 1 saturated carbocycles. The third kappa shape index (κ3) is 6.33. The van der Waals surface area contributed by atoms with Gasteiger partial charge in [0.2, 0.25) is 0 Å². The molecule has 2 amide bonds. The lowest BCUT2D eigenvalue weighted by molar-refractivity contribution is 0.0910. The van der Waals surface area contributed by atoms with Gasteiger partial charge in [-0.25, -0.2) is 8.72 Å². The predicted octanol–water partition coefficient (Wildman–Crippen LogP) is 6.51. The summed E-state index contributed by atoms with van der Waals surface area (Å²) in [6, 6.07) is 27.2.